The minimum absolute atomic E-state index is 0.0858. The number of pyridine rings is 1. The number of rotatable bonds is 11. The molecule has 0 fully saturated rings. The highest BCUT2D eigenvalue weighted by atomic mass is 35.5. The molecule has 1 aromatic carbocycles. The summed E-state index contributed by atoms with van der Waals surface area (Å²) in [4.78, 5) is 25.8. The van der Waals surface area contributed by atoms with Gasteiger partial charge in [-0.2, -0.15) is 13.8 Å². The van der Waals surface area contributed by atoms with E-state index in [-0.39, 0.29) is 23.8 Å². The van der Waals surface area contributed by atoms with Crippen molar-refractivity contribution in [1.29, 1.82) is 0 Å². The van der Waals surface area contributed by atoms with Crippen LogP contribution < -0.4 is 15.6 Å². The maximum absolute atomic E-state index is 13.7. The van der Waals surface area contributed by atoms with Crippen LogP contribution in [0.2, 0.25) is 0 Å². The zero-order chi connectivity index (χ0) is 29.0. The van der Waals surface area contributed by atoms with E-state index < -0.39 is 18.2 Å². The zero-order valence-corrected chi connectivity index (χ0v) is 22.6. The lowest BCUT2D eigenvalue weighted by Crippen LogP contribution is -2.22. The van der Waals surface area contributed by atoms with Crippen molar-refractivity contribution >= 4 is 34.4 Å². The molecule has 8 nitrogen and oxygen atoms in total. The standard InChI is InChI=1S/C29H26ClF3N6O2/c1-2-29(32,33)20-6-13-24(34-16-20)41-23-11-9-22(10-12-23)36-28-37-27(40)25-26(35-18-38(25)15-3-14-31)39(28)17-19-4-7-21(30)8-5-19/h2,4,6-13,16,18-19H,1,3,5,14-15,17H2,(H,36,37,40). The van der Waals surface area contributed by atoms with Crippen molar-refractivity contribution in [2.75, 3.05) is 12.0 Å². The number of hydrogen-bond acceptors (Lipinski definition) is 6. The van der Waals surface area contributed by atoms with Crippen LogP contribution in [0.15, 0.2) is 89.6 Å². The summed E-state index contributed by atoms with van der Waals surface area (Å²) in [7, 11) is 0. The Bertz CT molecular complexity index is 1660. The van der Waals surface area contributed by atoms with E-state index in [1.807, 2.05) is 22.8 Å². The van der Waals surface area contributed by atoms with Crippen LogP contribution in [-0.4, -0.2) is 30.8 Å². The Morgan fingerprint density at radius 1 is 1.20 bits per heavy atom. The van der Waals surface area contributed by atoms with Crippen LogP contribution >= 0.6 is 11.6 Å². The second-order valence-corrected chi connectivity index (χ2v) is 9.85. The molecule has 1 N–H and O–H groups in total. The number of benzene rings is 1. The second-order valence-electron chi connectivity index (χ2n) is 9.41. The first-order valence-corrected chi connectivity index (χ1v) is 13.2. The Morgan fingerprint density at radius 2 is 2.00 bits per heavy atom. The van der Waals surface area contributed by atoms with Crippen LogP contribution in [0.25, 0.3) is 11.2 Å². The van der Waals surface area contributed by atoms with Crippen molar-refractivity contribution in [2.24, 2.45) is 5.92 Å². The van der Waals surface area contributed by atoms with Crippen molar-refractivity contribution in [1.82, 2.24) is 24.1 Å². The normalized spacial score (nSPS) is 15.1. The minimum atomic E-state index is -3.18. The van der Waals surface area contributed by atoms with Crippen LogP contribution in [0.3, 0.4) is 0 Å². The minimum Gasteiger partial charge on any atom is -0.439 e. The van der Waals surface area contributed by atoms with Crippen LogP contribution in [0.1, 0.15) is 18.4 Å². The molecule has 212 valence electrons. The van der Waals surface area contributed by atoms with Gasteiger partial charge < -0.3 is 14.6 Å². The molecule has 0 bridgehead atoms. The van der Waals surface area contributed by atoms with Gasteiger partial charge in [0.1, 0.15) is 5.75 Å². The number of aryl methyl sites for hydroxylation is 1. The first-order chi connectivity index (χ1) is 19.8. The van der Waals surface area contributed by atoms with Gasteiger partial charge in [-0.05, 0) is 61.2 Å². The molecular weight excluding hydrogens is 557 g/mol. The first kappa shape index (κ1) is 28.2. The van der Waals surface area contributed by atoms with Crippen molar-refractivity contribution in [3.05, 3.63) is 101 Å². The van der Waals surface area contributed by atoms with E-state index in [9.17, 15) is 18.0 Å². The maximum atomic E-state index is 13.7. The summed E-state index contributed by atoms with van der Waals surface area (Å²) in [6.45, 7) is 3.42. The van der Waals surface area contributed by atoms with Crippen molar-refractivity contribution in [2.45, 2.75) is 31.9 Å². The van der Waals surface area contributed by atoms with Gasteiger partial charge in [0.2, 0.25) is 11.8 Å². The number of nitrogens with one attached hydrogen (secondary N) is 1. The molecule has 0 saturated carbocycles. The predicted molar refractivity (Wildman–Crippen MR) is 152 cm³/mol. The average Bonchev–Trinajstić information content (AvgIpc) is 3.41. The van der Waals surface area contributed by atoms with Gasteiger partial charge in [-0.1, -0.05) is 30.3 Å². The lowest BCUT2D eigenvalue weighted by Gasteiger charge is -2.20. The molecule has 3 aromatic heterocycles. The van der Waals surface area contributed by atoms with E-state index in [0.29, 0.717) is 59.2 Å². The molecule has 5 rings (SSSR count). The lowest BCUT2D eigenvalue weighted by molar-refractivity contribution is 0.0521. The summed E-state index contributed by atoms with van der Waals surface area (Å²) < 4.78 is 49.5. The SMILES string of the molecule is C=CC(F)(F)c1ccc(Oc2ccc(Nc3nc(=O)c4c(ncn4CCCF)n3CC3C=CC(Cl)=CC3)cc2)nc1. The van der Waals surface area contributed by atoms with Gasteiger partial charge >= 0.3 is 5.56 Å². The quantitative estimate of drug-likeness (QED) is 0.194. The summed E-state index contributed by atoms with van der Waals surface area (Å²) in [5.41, 5.74) is 0.603. The molecule has 1 unspecified atom stereocenters. The number of allylic oxidation sites excluding steroid dienone is 5. The molecule has 3 heterocycles. The van der Waals surface area contributed by atoms with Crippen LogP contribution in [0.5, 0.6) is 11.6 Å². The number of anilines is 2. The molecule has 1 aliphatic carbocycles. The Morgan fingerprint density at radius 3 is 2.66 bits per heavy atom. The van der Waals surface area contributed by atoms with E-state index in [2.05, 4.69) is 26.8 Å². The summed E-state index contributed by atoms with van der Waals surface area (Å²) in [6, 6.07) is 9.36. The van der Waals surface area contributed by atoms with Gasteiger partial charge in [-0.15, -0.1) is 0 Å². The topological polar surface area (TPSA) is 86.9 Å². The molecule has 0 saturated heterocycles. The highest BCUT2D eigenvalue weighted by molar-refractivity contribution is 6.31. The summed E-state index contributed by atoms with van der Waals surface area (Å²) in [5.74, 6) is -2.23. The molecule has 0 amide bonds. The molecular formula is C29H26ClF3N6O2. The predicted octanol–water partition coefficient (Wildman–Crippen LogP) is 6.86. The van der Waals surface area contributed by atoms with Crippen molar-refractivity contribution < 1.29 is 17.9 Å². The number of aromatic nitrogens is 5. The highest BCUT2D eigenvalue weighted by Crippen LogP contribution is 2.30. The fraction of sp³-hybridized carbons (Fsp3) is 0.241. The van der Waals surface area contributed by atoms with Gasteiger partial charge in [0.15, 0.2) is 11.2 Å². The molecule has 0 aliphatic heterocycles. The number of fused-ring (bicyclic) bond motifs is 1. The molecule has 4 aromatic rings. The van der Waals surface area contributed by atoms with E-state index in [0.717, 1.165) is 6.20 Å². The largest absolute Gasteiger partial charge is 0.439 e. The molecule has 0 spiro atoms. The van der Waals surface area contributed by atoms with E-state index in [4.69, 9.17) is 16.3 Å². The summed E-state index contributed by atoms with van der Waals surface area (Å²) in [6.07, 6.45) is 9.85. The van der Waals surface area contributed by atoms with E-state index in [1.54, 1.807) is 28.8 Å². The van der Waals surface area contributed by atoms with E-state index >= 15 is 0 Å². The van der Waals surface area contributed by atoms with Gasteiger partial charge in [0, 0.05) is 41.6 Å². The molecule has 1 atom stereocenters. The smallest absolute Gasteiger partial charge is 0.300 e. The number of imidazole rings is 1. The van der Waals surface area contributed by atoms with Crippen molar-refractivity contribution in [3.63, 3.8) is 0 Å². The summed E-state index contributed by atoms with van der Waals surface area (Å²) >= 11 is 6.09. The first-order valence-electron chi connectivity index (χ1n) is 12.9. The third kappa shape index (κ3) is 6.35. The van der Waals surface area contributed by atoms with E-state index in [1.165, 1.54) is 18.5 Å². The van der Waals surface area contributed by atoms with Gasteiger partial charge in [0.05, 0.1) is 13.0 Å². The third-order valence-corrected chi connectivity index (χ3v) is 6.82. The fourth-order valence-electron chi connectivity index (χ4n) is 4.39. The number of alkyl halides is 3. The number of ether oxygens (including phenoxy) is 1. The Hall–Kier alpha value is -4.38. The van der Waals surface area contributed by atoms with Gasteiger partial charge in [-0.25, -0.2) is 9.97 Å². The third-order valence-electron chi connectivity index (χ3n) is 6.54. The van der Waals surface area contributed by atoms with Gasteiger partial charge in [0.25, 0.3) is 5.92 Å². The maximum Gasteiger partial charge on any atom is 0.300 e. The number of hydrogen-bond donors (Lipinski definition) is 1. The van der Waals surface area contributed by atoms with Gasteiger partial charge in [-0.3, -0.25) is 13.8 Å². The highest BCUT2D eigenvalue weighted by Gasteiger charge is 2.27. The molecule has 0 radical (unpaired) electrons. The number of halogens is 4. The number of nitrogens with zero attached hydrogens (tertiary/aromatic N) is 5. The average molecular weight is 583 g/mol. The molecule has 12 heteroatoms. The second kappa shape index (κ2) is 12.0. The Kier molecular flexibility index (Phi) is 8.25. The Labute approximate surface area is 238 Å². The van der Waals surface area contributed by atoms with Crippen LogP contribution in [0.4, 0.5) is 24.8 Å². The molecule has 1 aliphatic rings. The van der Waals surface area contributed by atoms with Crippen LogP contribution in [0, 0.1) is 5.92 Å². The van der Waals surface area contributed by atoms with Crippen molar-refractivity contribution in [3.8, 4) is 11.6 Å². The van der Waals surface area contributed by atoms with Crippen LogP contribution in [-0.2, 0) is 19.0 Å². The lowest BCUT2D eigenvalue weighted by atomic mass is 10.0. The zero-order valence-electron chi connectivity index (χ0n) is 21.8. The Balaban J connectivity index is 1.39. The fourth-order valence-corrected chi connectivity index (χ4v) is 4.55. The molecule has 41 heavy (non-hydrogen) atoms. The summed E-state index contributed by atoms with van der Waals surface area (Å²) in [5, 5.41) is 3.86. The monoisotopic (exact) mass is 582 g/mol.